The van der Waals surface area contributed by atoms with Gasteiger partial charge in [-0.15, -0.1) is 0 Å². The molecule has 5 nitrogen and oxygen atoms in total. The first kappa shape index (κ1) is 13.6. The Balaban J connectivity index is 1.72. The van der Waals surface area contributed by atoms with E-state index in [1.807, 2.05) is 12.3 Å². The molecule has 0 radical (unpaired) electrons. The summed E-state index contributed by atoms with van der Waals surface area (Å²) in [5.74, 6) is 1.12. The van der Waals surface area contributed by atoms with E-state index in [1.165, 1.54) is 17.7 Å². The van der Waals surface area contributed by atoms with Crippen LogP contribution in [0.4, 0.5) is 5.82 Å². The Labute approximate surface area is 131 Å². The van der Waals surface area contributed by atoms with Gasteiger partial charge in [0.05, 0.1) is 17.4 Å². The lowest BCUT2D eigenvalue weighted by molar-refractivity contribution is 0.309. The fourth-order valence-electron chi connectivity index (χ4n) is 3.61. The highest BCUT2D eigenvalue weighted by Gasteiger charge is 2.31. The number of rotatable bonds is 2. The van der Waals surface area contributed by atoms with E-state index in [0.717, 1.165) is 44.0 Å². The molecule has 2 aliphatic heterocycles. The highest BCUT2D eigenvalue weighted by Crippen LogP contribution is 2.37. The highest BCUT2D eigenvalue weighted by atomic mass is 15.3. The van der Waals surface area contributed by atoms with Crippen molar-refractivity contribution in [3.8, 4) is 0 Å². The van der Waals surface area contributed by atoms with Crippen molar-refractivity contribution in [3.63, 3.8) is 0 Å². The number of fused-ring (bicyclic) bond motifs is 1. The van der Waals surface area contributed by atoms with Crippen LogP contribution in [-0.2, 0) is 13.0 Å². The van der Waals surface area contributed by atoms with Crippen LogP contribution >= 0.6 is 0 Å². The van der Waals surface area contributed by atoms with Gasteiger partial charge < -0.3 is 9.80 Å². The lowest BCUT2D eigenvalue weighted by atomic mass is 10.1. The first-order chi connectivity index (χ1) is 10.8. The zero-order valence-electron chi connectivity index (χ0n) is 12.9. The minimum Gasteiger partial charge on any atom is -0.348 e. The van der Waals surface area contributed by atoms with E-state index in [0.29, 0.717) is 6.04 Å². The molecule has 0 spiro atoms. The molecule has 5 heteroatoms. The summed E-state index contributed by atoms with van der Waals surface area (Å²) in [5.41, 5.74) is 3.67. The average molecular weight is 295 g/mol. The third-order valence-corrected chi connectivity index (χ3v) is 4.72. The van der Waals surface area contributed by atoms with Crippen LogP contribution in [0.15, 0.2) is 30.7 Å². The van der Waals surface area contributed by atoms with E-state index in [4.69, 9.17) is 0 Å². The monoisotopic (exact) mass is 295 g/mol. The van der Waals surface area contributed by atoms with Crippen molar-refractivity contribution in [3.05, 3.63) is 47.7 Å². The predicted octanol–water partition coefficient (Wildman–Crippen LogP) is 2.20. The lowest BCUT2D eigenvalue weighted by Crippen LogP contribution is -2.32. The lowest BCUT2D eigenvalue weighted by Gasteiger charge is -2.31. The van der Waals surface area contributed by atoms with Gasteiger partial charge in [-0.1, -0.05) is 6.07 Å². The number of likely N-dealkylation sites (N-methyl/N-ethyl adjacent to an activating group) is 1. The van der Waals surface area contributed by atoms with Crippen molar-refractivity contribution in [2.24, 2.45) is 0 Å². The topological polar surface area (TPSA) is 45.2 Å². The van der Waals surface area contributed by atoms with Crippen LogP contribution in [0.2, 0.25) is 0 Å². The average Bonchev–Trinajstić information content (AvgIpc) is 3.04. The van der Waals surface area contributed by atoms with Gasteiger partial charge in [-0.05, 0) is 32.0 Å². The van der Waals surface area contributed by atoms with Crippen molar-refractivity contribution in [2.75, 3.05) is 25.0 Å². The fourth-order valence-corrected chi connectivity index (χ4v) is 3.61. The van der Waals surface area contributed by atoms with Gasteiger partial charge in [0.15, 0.2) is 0 Å². The Bertz CT molecular complexity index is 657. The van der Waals surface area contributed by atoms with Gasteiger partial charge in [-0.2, -0.15) is 0 Å². The summed E-state index contributed by atoms with van der Waals surface area (Å²) in [6.07, 6.45) is 6.97. The van der Waals surface area contributed by atoms with Crippen LogP contribution in [0.5, 0.6) is 0 Å². The number of anilines is 1. The van der Waals surface area contributed by atoms with Gasteiger partial charge >= 0.3 is 0 Å². The maximum atomic E-state index is 4.64. The van der Waals surface area contributed by atoms with Crippen molar-refractivity contribution in [1.82, 2.24) is 19.9 Å². The van der Waals surface area contributed by atoms with Gasteiger partial charge in [0, 0.05) is 37.8 Å². The molecule has 1 fully saturated rings. The van der Waals surface area contributed by atoms with E-state index in [-0.39, 0.29) is 0 Å². The number of hydrogen-bond donors (Lipinski definition) is 0. The first-order valence-corrected chi connectivity index (χ1v) is 8.02. The predicted molar refractivity (Wildman–Crippen MR) is 85.6 cm³/mol. The summed E-state index contributed by atoms with van der Waals surface area (Å²) >= 11 is 0. The van der Waals surface area contributed by atoms with Gasteiger partial charge in [0.25, 0.3) is 0 Å². The third-order valence-electron chi connectivity index (χ3n) is 4.72. The molecule has 4 heterocycles. The fraction of sp³-hybridized carbons (Fsp3) is 0.471. The molecule has 4 rings (SSSR count). The van der Waals surface area contributed by atoms with Gasteiger partial charge in [0.1, 0.15) is 12.1 Å². The molecule has 2 aromatic heterocycles. The summed E-state index contributed by atoms with van der Waals surface area (Å²) in [7, 11) is 2.17. The normalized spacial score (nSPS) is 21.9. The molecule has 0 bridgehead atoms. The van der Waals surface area contributed by atoms with E-state index < -0.39 is 0 Å². The quantitative estimate of drug-likeness (QED) is 0.850. The molecule has 0 aromatic carbocycles. The summed E-state index contributed by atoms with van der Waals surface area (Å²) < 4.78 is 0. The summed E-state index contributed by atoms with van der Waals surface area (Å²) in [6.45, 7) is 3.07. The number of nitrogens with zero attached hydrogens (tertiary/aromatic N) is 5. The minimum absolute atomic E-state index is 0.340. The molecule has 0 amide bonds. The molecule has 1 atom stereocenters. The van der Waals surface area contributed by atoms with Gasteiger partial charge in [0.2, 0.25) is 0 Å². The van der Waals surface area contributed by atoms with Crippen LogP contribution in [0.1, 0.15) is 35.8 Å². The molecule has 114 valence electrons. The van der Waals surface area contributed by atoms with E-state index >= 15 is 0 Å². The van der Waals surface area contributed by atoms with Crippen LogP contribution in [0.25, 0.3) is 0 Å². The third kappa shape index (κ3) is 2.35. The number of aromatic nitrogens is 3. The minimum atomic E-state index is 0.340. The number of pyridine rings is 1. The molecular weight excluding hydrogens is 274 g/mol. The summed E-state index contributed by atoms with van der Waals surface area (Å²) in [4.78, 5) is 18.5. The van der Waals surface area contributed by atoms with Crippen molar-refractivity contribution >= 4 is 5.82 Å². The maximum Gasteiger partial charge on any atom is 0.137 e. The van der Waals surface area contributed by atoms with Crippen LogP contribution < -0.4 is 4.90 Å². The Morgan fingerprint density at radius 3 is 2.95 bits per heavy atom. The second-order valence-corrected chi connectivity index (χ2v) is 6.22. The Morgan fingerprint density at radius 2 is 2.09 bits per heavy atom. The van der Waals surface area contributed by atoms with Crippen LogP contribution in [0, 0.1) is 0 Å². The molecule has 0 saturated carbocycles. The van der Waals surface area contributed by atoms with Gasteiger partial charge in [-0.3, -0.25) is 4.98 Å². The Kier molecular flexibility index (Phi) is 3.50. The van der Waals surface area contributed by atoms with E-state index in [1.54, 1.807) is 6.33 Å². The molecule has 2 aliphatic rings. The Morgan fingerprint density at radius 1 is 1.14 bits per heavy atom. The summed E-state index contributed by atoms with van der Waals surface area (Å²) in [5, 5.41) is 0. The molecule has 1 saturated heterocycles. The first-order valence-electron chi connectivity index (χ1n) is 8.02. The SMILES string of the molecule is CN1CCc2ncnc(N3CCC[C@H]3c3ccccn3)c2C1. The van der Waals surface area contributed by atoms with Crippen LogP contribution in [0.3, 0.4) is 0 Å². The van der Waals surface area contributed by atoms with Crippen molar-refractivity contribution < 1.29 is 0 Å². The molecule has 0 unspecified atom stereocenters. The maximum absolute atomic E-state index is 4.64. The second-order valence-electron chi connectivity index (χ2n) is 6.22. The molecule has 22 heavy (non-hydrogen) atoms. The zero-order chi connectivity index (χ0) is 14.9. The van der Waals surface area contributed by atoms with Gasteiger partial charge in [-0.25, -0.2) is 9.97 Å². The summed E-state index contributed by atoms with van der Waals surface area (Å²) in [6, 6.07) is 6.52. The zero-order valence-corrected chi connectivity index (χ0v) is 12.9. The van der Waals surface area contributed by atoms with Crippen molar-refractivity contribution in [1.29, 1.82) is 0 Å². The smallest absolute Gasteiger partial charge is 0.137 e. The van der Waals surface area contributed by atoms with Crippen molar-refractivity contribution in [2.45, 2.75) is 31.8 Å². The highest BCUT2D eigenvalue weighted by molar-refractivity contribution is 5.52. The Hall–Kier alpha value is -2.01. The van der Waals surface area contributed by atoms with E-state index in [9.17, 15) is 0 Å². The van der Waals surface area contributed by atoms with E-state index in [2.05, 4.69) is 43.9 Å². The molecule has 0 N–H and O–H groups in total. The number of hydrogen-bond acceptors (Lipinski definition) is 5. The molecule has 0 aliphatic carbocycles. The standard InChI is InChI=1S/C17H21N5/c1-21-10-7-14-13(11-21)17(20-12-19-14)22-9-4-6-16(22)15-5-2-3-8-18-15/h2-3,5,8,12,16H,4,6-7,9-11H2,1H3/t16-/m0/s1. The largest absolute Gasteiger partial charge is 0.348 e. The molecular formula is C17H21N5. The second kappa shape index (κ2) is 5.65. The van der Waals surface area contributed by atoms with Crippen LogP contribution in [-0.4, -0.2) is 40.0 Å². The molecule has 2 aromatic rings.